The predicted octanol–water partition coefficient (Wildman–Crippen LogP) is 2.50. The van der Waals surface area contributed by atoms with E-state index in [4.69, 9.17) is 0 Å². The number of aromatic nitrogens is 3. The molecule has 2 N–H and O–H groups in total. The third-order valence-electron chi connectivity index (χ3n) is 4.68. The number of amides is 2. The van der Waals surface area contributed by atoms with E-state index in [0.717, 1.165) is 21.8 Å². The van der Waals surface area contributed by atoms with E-state index in [9.17, 15) is 14.4 Å². The van der Waals surface area contributed by atoms with Gasteiger partial charge in [0, 0.05) is 25.1 Å². The minimum atomic E-state index is -0.381. The quantitative estimate of drug-likeness (QED) is 0.695. The van der Waals surface area contributed by atoms with E-state index in [1.54, 1.807) is 0 Å². The van der Waals surface area contributed by atoms with Crippen LogP contribution < -0.4 is 10.6 Å². The third-order valence-corrected chi connectivity index (χ3v) is 5.70. The predicted molar refractivity (Wildman–Crippen MR) is 109 cm³/mol. The molecule has 0 bridgehead atoms. The van der Waals surface area contributed by atoms with Crippen molar-refractivity contribution in [2.24, 2.45) is 0 Å². The second-order valence-electron chi connectivity index (χ2n) is 7.31. The smallest absolute Gasteiger partial charge is 0.307 e. The molecule has 1 aliphatic rings. The van der Waals surface area contributed by atoms with E-state index < -0.39 is 0 Å². The molecule has 1 aliphatic carbocycles. The second-order valence-corrected chi connectivity index (χ2v) is 8.31. The van der Waals surface area contributed by atoms with Gasteiger partial charge in [0.2, 0.25) is 5.91 Å². The van der Waals surface area contributed by atoms with Gasteiger partial charge < -0.3 is 15.4 Å². The molecule has 0 aliphatic heterocycles. The van der Waals surface area contributed by atoms with E-state index >= 15 is 0 Å². The monoisotopic (exact) mass is 419 g/mol. The standard InChI is InChI=1S/C19H25N5O4S/c1-9(2)24-16-14(15(23-24)18(27)20-7-6-13(26)28-5)10(3)8-12-17(16)29-19(22-12)21-11(4)25/h9-10H,6-8H2,1-5H3,(H,20,27)(H,21,22,25). The summed E-state index contributed by atoms with van der Waals surface area (Å²) in [6, 6.07) is 0.0323. The number of rotatable bonds is 6. The SMILES string of the molecule is COC(=O)CCNC(=O)c1nn(C(C)C)c2c1C(C)Cc1nc(NC(C)=O)sc1-2. The van der Waals surface area contributed by atoms with Crippen molar-refractivity contribution in [1.82, 2.24) is 20.1 Å². The highest BCUT2D eigenvalue weighted by Gasteiger charge is 2.35. The Labute approximate surface area is 172 Å². The van der Waals surface area contributed by atoms with Crippen molar-refractivity contribution in [3.8, 4) is 10.6 Å². The van der Waals surface area contributed by atoms with Gasteiger partial charge in [-0.05, 0) is 26.2 Å². The van der Waals surface area contributed by atoms with E-state index in [1.165, 1.54) is 25.4 Å². The summed E-state index contributed by atoms with van der Waals surface area (Å²) in [5.74, 6) is -0.828. The van der Waals surface area contributed by atoms with Crippen LogP contribution in [0.4, 0.5) is 5.13 Å². The minimum absolute atomic E-state index is 0.0323. The number of carbonyl (C=O) groups is 3. The van der Waals surface area contributed by atoms with Crippen molar-refractivity contribution < 1.29 is 19.1 Å². The fourth-order valence-electron chi connectivity index (χ4n) is 3.42. The molecule has 1 unspecified atom stereocenters. The highest BCUT2D eigenvalue weighted by Crippen LogP contribution is 2.46. The fraction of sp³-hybridized carbons (Fsp3) is 0.526. The van der Waals surface area contributed by atoms with E-state index in [-0.39, 0.29) is 42.7 Å². The summed E-state index contributed by atoms with van der Waals surface area (Å²) < 4.78 is 6.45. The lowest BCUT2D eigenvalue weighted by Gasteiger charge is -2.20. The lowest BCUT2D eigenvalue weighted by atomic mass is 9.87. The molecule has 29 heavy (non-hydrogen) atoms. The zero-order valence-corrected chi connectivity index (χ0v) is 18.0. The van der Waals surface area contributed by atoms with E-state index in [2.05, 4.69) is 25.5 Å². The van der Waals surface area contributed by atoms with Gasteiger partial charge in [-0.1, -0.05) is 18.3 Å². The number of thiazole rings is 1. The van der Waals surface area contributed by atoms with Crippen LogP contribution in [0.25, 0.3) is 10.6 Å². The summed E-state index contributed by atoms with van der Waals surface area (Å²) in [5, 5.41) is 10.7. The molecule has 0 aromatic carbocycles. The normalized spacial score (nSPS) is 14.9. The van der Waals surface area contributed by atoms with Crippen LogP contribution in [0.1, 0.15) is 67.8 Å². The highest BCUT2D eigenvalue weighted by atomic mass is 32.1. The minimum Gasteiger partial charge on any atom is -0.469 e. The zero-order valence-electron chi connectivity index (χ0n) is 17.2. The lowest BCUT2D eigenvalue weighted by molar-refractivity contribution is -0.140. The van der Waals surface area contributed by atoms with Crippen molar-refractivity contribution in [3.63, 3.8) is 0 Å². The van der Waals surface area contributed by atoms with Crippen LogP contribution in [0.15, 0.2) is 0 Å². The van der Waals surface area contributed by atoms with Gasteiger partial charge in [-0.3, -0.25) is 19.1 Å². The molecule has 9 nitrogen and oxygen atoms in total. The van der Waals surface area contributed by atoms with Crippen LogP contribution in [0.2, 0.25) is 0 Å². The number of ether oxygens (including phenoxy) is 1. The Balaban J connectivity index is 1.99. The van der Waals surface area contributed by atoms with Crippen LogP contribution in [0.5, 0.6) is 0 Å². The van der Waals surface area contributed by atoms with Gasteiger partial charge in [0.25, 0.3) is 5.91 Å². The summed E-state index contributed by atoms with van der Waals surface area (Å²) in [6.45, 7) is 7.67. The first-order chi connectivity index (χ1) is 13.7. The van der Waals surface area contributed by atoms with Crippen molar-refractivity contribution >= 4 is 34.3 Å². The third kappa shape index (κ3) is 4.16. The summed E-state index contributed by atoms with van der Waals surface area (Å²) >= 11 is 1.39. The van der Waals surface area contributed by atoms with Gasteiger partial charge in [0.05, 0.1) is 29.8 Å². The Morgan fingerprint density at radius 1 is 1.34 bits per heavy atom. The molecule has 0 radical (unpaired) electrons. The van der Waals surface area contributed by atoms with Crippen molar-refractivity contribution in [1.29, 1.82) is 0 Å². The topological polar surface area (TPSA) is 115 Å². The molecule has 10 heteroatoms. The summed E-state index contributed by atoms with van der Waals surface area (Å²) in [4.78, 5) is 41.0. The maximum absolute atomic E-state index is 12.8. The van der Waals surface area contributed by atoms with Gasteiger partial charge >= 0.3 is 5.97 Å². The second kappa shape index (κ2) is 8.32. The Bertz CT molecular complexity index is 962. The average Bonchev–Trinajstić information content (AvgIpc) is 3.22. The van der Waals surface area contributed by atoms with Crippen LogP contribution in [0, 0.1) is 0 Å². The first kappa shape index (κ1) is 21.0. The zero-order chi connectivity index (χ0) is 21.3. The largest absolute Gasteiger partial charge is 0.469 e. The van der Waals surface area contributed by atoms with Gasteiger partial charge in [0.1, 0.15) is 0 Å². The maximum Gasteiger partial charge on any atom is 0.307 e. The molecular weight excluding hydrogens is 394 g/mol. The summed E-state index contributed by atoms with van der Waals surface area (Å²) in [7, 11) is 1.31. The molecule has 2 heterocycles. The molecule has 2 aromatic heterocycles. The maximum atomic E-state index is 12.8. The molecule has 0 fully saturated rings. The number of hydrogen-bond acceptors (Lipinski definition) is 7. The number of esters is 1. The molecule has 3 rings (SSSR count). The van der Waals surface area contributed by atoms with Crippen molar-refractivity contribution in [2.75, 3.05) is 19.0 Å². The highest BCUT2D eigenvalue weighted by molar-refractivity contribution is 7.19. The van der Waals surface area contributed by atoms with Gasteiger partial charge in [-0.15, -0.1) is 0 Å². The molecule has 1 atom stereocenters. The first-order valence-corrected chi connectivity index (χ1v) is 10.3. The first-order valence-electron chi connectivity index (χ1n) is 9.48. The molecule has 0 spiro atoms. The van der Waals surface area contributed by atoms with Gasteiger partial charge in [0.15, 0.2) is 10.8 Å². The van der Waals surface area contributed by atoms with Crippen LogP contribution in [-0.4, -0.2) is 46.2 Å². The Morgan fingerprint density at radius 2 is 2.07 bits per heavy atom. The molecule has 0 saturated heterocycles. The number of carbonyl (C=O) groups excluding carboxylic acids is 3. The number of anilines is 1. The average molecular weight is 420 g/mol. The van der Waals surface area contributed by atoms with Crippen LogP contribution in [0.3, 0.4) is 0 Å². The number of methoxy groups -OCH3 is 1. The summed E-state index contributed by atoms with van der Waals surface area (Å²) in [6.07, 6.45) is 0.759. The lowest BCUT2D eigenvalue weighted by Crippen LogP contribution is -2.28. The summed E-state index contributed by atoms with van der Waals surface area (Å²) in [5.41, 5.74) is 3.02. The van der Waals surface area contributed by atoms with E-state index in [1.807, 2.05) is 25.5 Å². The van der Waals surface area contributed by atoms with Gasteiger partial charge in [-0.2, -0.15) is 5.10 Å². The van der Waals surface area contributed by atoms with E-state index in [0.29, 0.717) is 17.2 Å². The number of fused-ring (bicyclic) bond motifs is 3. The van der Waals surface area contributed by atoms with Crippen LogP contribution >= 0.6 is 11.3 Å². The molecule has 2 amide bonds. The molecule has 2 aromatic rings. The molecule has 156 valence electrons. The van der Waals surface area contributed by atoms with Crippen molar-refractivity contribution in [3.05, 3.63) is 17.0 Å². The van der Waals surface area contributed by atoms with Gasteiger partial charge in [-0.25, -0.2) is 4.98 Å². The Kier molecular flexibility index (Phi) is 6.02. The number of nitrogens with zero attached hydrogens (tertiary/aromatic N) is 3. The fourth-order valence-corrected chi connectivity index (χ4v) is 4.51. The Hall–Kier alpha value is -2.75. The number of hydrogen-bond donors (Lipinski definition) is 2. The van der Waals surface area contributed by atoms with Crippen LogP contribution in [-0.2, 0) is 20.7 Å². The number of nitrogens with one attached hydrogen (secondary N) is 2. The molecule has 0 saturated carbocycles. The molecular formula is C19H25N5O4S. The Morgan fingerprint density at radius 3 is 2.69 bits per heavy atom. The van der Waals surface area contributed by atoms with Crippen molar-refractivity contribution in [2.45, 2.75) is 52.5 Å².